The van der Waals surface area contributed by atoms with Crippen molar-refractivity contribution in [3.05, 3.63) is 72.1 Å². The Balaban J connectivity index is 1.54. The molecule has 10 heteroatoms. The van der Waals surface area contributed by atoms with Gasteiger partial charge in [-0.3, -0.25) is 15.1 Å². The molecule has 1 N–H and O–H groups in total. The smallest absolute Gasteiger partial charge is 0.257 e. The Morgan fingerprint density at radius 2 is 1.94 bits per heavy atom. The summed E-state index contributed by atoms with van der Waals surface area (Å²) in [4.78, 5) is 21.6. The topological polar surface area (TPSA) is 107 Å². The lowest BCUT2D eigenvalue weighted by Crippen LogP contribution is -2.12. The van der Waals surface area contributed by atoms with Crippen molar-refractivity contribution in [3.8, 4) is 11.5 Å². The van der Waals surface area contributed by atoms with Gasteiger partial charge in [0.15, 0.2) is 26.5 Å². The number of carbonyl (C=O) groups excluding carboxylic acids is 1. The average molecular weight is 470 g/mol. The Morgan fingerprint density at radius 3 is 2.66 bits per heavy atom. The van der Waals surface area contributed by atoms with Crippen LogP contribution in [-0.2, 0) is 16.4 Å². The molecule has 8 nitrogen and oxygen atoms in total. The molecule has 1 amide bonds. The van der Waals surface area contributed by atoms with E-state index < -0.39 is 9.84 Å². The number of sulfone groups is 1. The predicted molar refractivity (Wildman–Crippen MR) is 122 cm³/mol. The Bertz CT molecular complexity index is 1390. The summed E-state index contributed by atoms with van der Waals surface area (Å²) in [6.07, 6.45) is 2.83. The van der Waals surface area contributed by atoms with Gasteiger partial charge in [0.05, 0.1) is 27.9 Å². The molecule has 0 atom stereocenters. The van der Waals surface area contributed by atoms with Crippen LogP contribution in [-0.4, -0.2) is 37.7 Å². The molecule has 2 aromatic heterocycles. The summed E-state index contributed by atoms with van der Waals surface area (Å²) in [6.45, 7) is 0.225. The SMILES string of the molecule is COc1ccc(C(=O)Nc2nc3ccc(S(C)(=O)=O)cc3s2)cc1OCc1ccccn1. The molecule has 0 bridgehead atoms. The van der Waals surface area contributed by atoms with E-state index in [1.807, 2.05) is 18.2 Å². The third-order valence-electron chi connectivity index (χ3n) is 4.54. The number of pyridine rings is 1. The highest BCUT2D eigenvalue weighted by atomic mass is 32.2. The fourth-order valence-electron chi connectivity index (χ4n) is 2.92. The van der Waals surface area contributed by atoms with Crippen molar-refractivity contribution in [2.75, 3.05) is 18.7 Å². The first kappa shape index (κ1) is 21.7. The summed E-state index contributed by atoms with van der Waals surface area (Å²) in [7, 11) is -1.80. The zero-order valence-electron chi connectivity index (χ0n) is 17.2. The molecule has 0 saturated carbocycles. The van der Waals surface area contributed by atoms with Gasteiger partial charge >= 0.3 is 0 Å². The zero-order chi connectivity index (χ0) is 22.7. The molecule has 4 aromatic rings. The molecule has 0 fully saturated rings. The first-order chi connectivity index (χ1) is 15.3. The number of nitrogens with zero attached hydrogens (tertiary/aromatic N) is 2. The summed E-state index contributed by atoms with van der Waals surface area (Å²) in [5, 5.41) is 3.12. The average Bonchev–Trinajstić information content (AvgIpc) is 3.19. The van der Waals surface area contributed by atoms with E-state index in [-0.39, 0.29) is 17.4 Å². The number of nitrogens with one attached hydrogen (secondary N) is 1. The highest BCUT2D eigenvalue weighted by Crippen LogP contribution is 2.31. The van der Waals surface area contributed by atoms with E-state index in [0.717, 1.165) is 11.9 Å². The van der Waals surface area contributed by atoms with E-state index in [9.17, 15) is 13.2 Å². The predicted octanol–water partition coefficient (Wildman–Crippen LogP) is 3.93. The van der Waals surface area contributed by atoms with Crippen LogP contribution in [0.3, 0.4) is 0 Å². The van der Waals surface area contributed by atoms with Crippen molar-refractivity contribution in [1.82, 2.24) is 9.97 Å². The number of carbonyl (C=O) groups is 1. The molecule has 32 heavy (non-hydrogen) atoms. The Labute approximate surface area is 188 Å². The zero-order valence-corrected chi connectivity index (χ0v) is 18.9. The quantitative estimate of drug-likeness (QED) is 0.437. The third kappa shape index (κ3) is 4.87. The number of ether oxygens (including phenoxy) is 2. The van der Waals surface area contributed by atoms with Gasteiger partial charge in [-0.1, -0.05) is 17.4 Å². The number of rotatable bonds is 7. The van der Waals surface area contributed by atoms with Crippen LogP contribution in [0, 0.1) is 0 Å². The van der Waals surface area contributed by atoms with Gasteiger partial charge in [0, 0.05) is 18.0 Å². The van der Waals surface area contributed by atoms with Crippen molar-refractivity contribution >= 4 is 42.4 Å². The Kier molecular flexibility index (Phi) is 6.06. The molecule has 0 aliphatic heterocycles. The summed E-state index contributed by atoms with van der Waals surface area (Å²) in [6, 6.07) is 15.1. The van der Waals surface area contributed by atoms with Crippen LogP contribution in [0.2, 0.25) is 0 Å². The van der Waals surface area contributed by atoms with E-state index in [0.29, 0.717) is 32.4 Å². The molecular formula is C22H19N3O5S2. The highest BCUT2D eigenvalue weighted by Gasteiger charge is 2.15. The molecule has 0 aliphatic rings. The fraction of sp³-hybridized carbons (Fsp3) is 0.136. The number of hydrogen-bond acceptors (Lipinski definition) is 8. The van der Waals surface area contributed by atoms with Crippen LogP contribution in [0.1, 0.15) is 16.1 Å². The maximum atomic E-state index is 12.8. The van der Waals surface area contributed by atoms with Crippen molar-refractivity contribution in [3.63, 3.8) is 0 Å². The molecular weight excluding hydrogens is 450 g/mol. The second-order valence-electron chi connectivity index (χ2n) is 6.85. The number of hydrogen-bond donors (Lipinski definition) is 1. The molecule has 164 valence electrons. The maximum Gasteiger partial charge on any atom is 0.257 e. The number of benzene rings is 2. The van der Waals surface area contributed by atoms with Crippen LogP contribution in [0.25, 0.3) is 10.2 Å². The molecule has 0 spiro atoms. The minimum absolute atomic E-state index is 0.205. The molecule has 4 rings (SSSR count). The monoisotopic (exact) mass is 469 g/mol. The molecule has 2 aromatic carbocycles. The van der Waals surface area contributed by atoms with Gasteiger partial charge in [-0.25, -0.2) is 13.4 Å². The van der Waals surface area contributed by atoms with E-state index in [1.165, 1.54) is 24.5 Å². The van der Waals surface area contributed by atoms with Gasteiger partial charge in [-0.2, -0.15) is 0 Å². The maximum absolute atomic E-state index is 12.8. The van der Waals surface area contributed by atoms with E-state index in [2.05, 4.69) is 15.3 Å². The summed E-state index contributed by atoms with van der Waals surface area (Å²) in [5.74, 6) is 0.524. The lowest BCUT2D eigenvalue weighted by atomic mass is 10.2. The Hall–Kier alpha value is -3.50. The minimum Gasteiger partial charge on any atom is -0.493 e. The number of anilines is 1. The Morgan fingerprint density at radius 1 is 1.09 bits per heavy atom. The second kappa shape index (κ2) is 8.93. The lowest BCUT2D eigenvalue weighted by Gasteiger charge is -2.12. The van der Waals surface area contributed by atoms with Gasteiger partial charge in [0.25, 0.3) is 5.91 Å². The minimum atomic E-state index is -3.33. The molecule has 0 aliphatic carbocycles. The number of fused-ring (bicyclic) bond motifs is 1. The van der Waals surface area contributed by atoms with Gasteiger partial charge in [-0.15, -0.1) is 0 Å². The standard InChI is InChI=1S/C22H19N3O5S2/c1-29-18-9-6-14(11-19(18)30-13-15-5-3-4-10-23-15)21(26)25-22-24-17-8-7-16(32(2,27)28)12-20(17)31-22/h3-12H,13H2,1-2H3,(H,24,25,26). The number of thiazole rings is 1. The van der Waals surface area contributed by atoms with E-state index >= 15 is 0 Å². The summed E-state index contributed by atoms with van der Waals surface area (Å²) < 4.78 is 35.3. The third-order valence-corrected chi connectivity index (χ3v) is 6.58. The van der Waals surface area contributed by atoms with Crippen LogP contribution in [0.15, 0.2) is 65.7 Å². The molecule has 0 radical (unpaired) electrons. The first-order valence-electron chi connectivity index (χ1n) is 9.46. The lowest BCUT2D eigenvalue weighted by molar-refractivity contribution is 0.102. The van der Waals surface area contributed by atoms with E-state index in [4.69, 9.17) is 9.47 Å². The van der Waals surface area contributed by atoms with Crippen molar-refractivity contribution < 1.29 is 22.7 Å². The van der Waals surface area contributed by atoms with Crippen molar-refractivity contribution in [2.45, 2.75) is 11.5 Å². The molecule has 0 unspecified atom stereocenters. The molecule has 2 heterocycles. The van der Waals surface area contributed by atoms with Gasteiger partial charge < -0.3 is 9.47 Å². The number of amides is 1. The first-order valence-corrected chi connectivity index (χ1v) is 12.2. The molecule has 0 saturated heterocycles. The highest BCUT2D eigenvalue weighted by molar-refractivity contribution is 7.90. The normalized spacial score (nSPS) is 11.3. The van der Waals surface area contributed by atoms with Crippen LogP contribution >= 0.6 is 11.3 Å². The van der Waals surface area contributed by atoms with Gasteiger partial charge in [-0.05, 0) is 48.5 Å². The van der Waals surface area contributed by atoms with E-state index in [1.54, 1.807) is 36.5 Å². The van der Waals surface area contributed by atoms with Crippen LogP contribution < -0.4 is 14.8 Å². The van der Waals surface area contributed by atoms with Gasteiger partial charge in [0.1, 0.15) is 6.61 Å². The fourth-order valence-corrected chi connectivity index (χ4v) is 4.55. The van der Waals surface area contributed by atoms with Gasteiger partial charge in [0.2, 0.25) is 0 Å². The summed E-state index contributed by atoms with van der Waals surface area (Å²) in [5.41, 5.74) is 1.71. The van der Waals surface area contributed by atoms with Crippen molar-refractivity contribution in [1.29, 1.82) is 0 Å². The van der Waals surface area contributed by atoms with Crippen LogP contribution in [0.4, 0.5) is 5.13 Å². The number of methoxy groups -OCH3 is 1. The number of aromatic nitrogens is 2. The second-order valence-corrected chi connectivity index (χ2v) is 9.90. The summed E-state index contributed by atoms with van der Waals surface area (Å²) >= 11 is 1.20. The van der Waals surface area contributed by atoms with Crippen molar-refractivity contribution in [2.24, 2.45) is 0 Å². The largest absolute Gasteiger partial charge is 0.493 e. The van der Waals surface area contributed by atoms with Crippen LogP contribution in [0.5, 0.6) is 11.5 Å².